The molecule has 1 N–H and O–H groups in total. The molecule has 0 bridgehead atoms. The second-order valence-electron chi connectivity index (χ2n) is 5.44. The van der Waals surface area contributed by atoms with Crippen LogP contribution >= 0.6 is 11.6 Å². The number of nitrogens with one attached hydrogen (secondary N) is 1. The number of carbonyl (C=O) groups excluding carboxylic acids is 1. The molecule has 1 heterocycles. The Labute approximate surface area is 126 Å². The number of nitrogens with zero attached hydrogens (tertiary/aromatic N) is 1. The van der Waals surface area contributed by atoms with Crippen LogP contribution in [0.4, 0.5) is 0 Å². The van der Waals surface area contributed by atoms with E-state index in [4.69, 9.17) is 11.6 Å². The van der Waals surface area contributed by atoms with Crippen LogP contribution in [0.1, 0.15) is 44.7 Å². The third-order valence-corrected chi connectivity index (χ3v) is 4.13. The van der Waals surface area contributed by atoms with E-state index in [2.05, 4.69) is 18.3 Å². The number of benzene rings is 1. The molecule has 1 saturated heterocycles. The van der Waals surface area contributed by atoms with Crippen LogP contribution in [0.25, 0.3) is 0 Å². The predicted molar refractivity (Wildman–Crippen MR) is 82.9 cm³/mol. The first-order valence-corrected chi connectivity index (χ1v) is 7.80. The molecule has 0 spiro atoms. The smallest absolute Gasteiger partial charge is 0.239 e. The third-order valence-electron chi connectivity index (χ3n) is 3.90. The van der Waals surface area contributed by atoms with Gasteiger partial charge in [-0.1, -0.05) is 30.7 Å². The van der Waals surface area contributed by atoms with Crippen LogP contribution in [0.15, 0.2) is 24.3 Å². The van der Waals surface area contributed by atoms with Crippen molar-refractivity contribution < 1.29 is 4.79 Å². The lowest BCUT2D eigenvalue weighted by Crippen LogP contribution is -2.44. The van der Waals surface area contributed by atoms with Gasteiger partial charge in [0.25, 0.3) is 0 Å². The lowest BCUT2D eigenvalue weighted by Gasteiger charge is -2.26. The highest BCUT2D eigenvalue weighted by atomic mass is 35.5. The first-order valence-electron chi connectivity index (χ1n) is 7.42. The largest absolute Gasteiger partial charge is 0.341 e. The SMILES string of the molecule is CCC(NC(C)C(=O)N1CCCC1)c1cccc(Cl)c1. The Morgan fingerprint density at radius 3 is 2.70 bits per heavy atom. The van der Waals surface area contributed by atoms with Crippen molar-refractivity contribution in [2.24, 2.45) is 0 Å². The summed E-state index contributed by atoms with van der Waals surface area (Å²) in [6.45, 7) is 5.87. The van der Waals surface area contributed by atoms with E-state index in [0.717, 1.165) is 42.9 Å². The molecule has 2 atom stereocenters. The maximum absolute atomic E-state index is 12.3. The highest BCUT2D eigenvalue weighted by Crippen LogP contribution is 2.21. The Bertz CT molecular complexity index is 458. The lowest BCUT2D eigenvalue weighted by atomic mass is 10.0. The maximum atomic E-state index is 12.3. The Morgan fingerprint density at radius 2 is 2.10 bits per heavy atom. The Kier molecular flexibility index (Phi) is 5.44. The first kappa shape index (κ1) is 15.3. The summed E-state index contributed by atoms with van der Waals surface area (Å²) in [6, 6.07) is 7.86. The minimum atomic E-state index is -0.156. The van der Waals surface area contributed by atoms with Gasteiger partial charge < -0.3 is 4.90 Å². The minimum absolute atomic E-state index is 0.156. The van der Waals surface area contributed by atoms with E-state index in [1.807, 2.05) is 30.0 Å². The average molecular weight is 295 g/mol. The fraction of sp³-hybridized carbons (Fsp3) is 0.562. The molecule has 0 saturated carbocycles. The molecule has 4 heteroatoms. The number of hydrogen-bond acceptors (Lipinski definition) is 2. The Balaban J connectivity index is 2.00. The zero-order valence-electron chi connectivity index (χ0n) is 12.2. The zero-order valence-corrected chi connectivity index (χ0v) is 13.0. The summed E-state index contributed by atoms with van der Waals surface area (Å²) < 4.78 is 0. The van der Waals surface area contributed by atoms with Gasteiger partial charge in [-0.15, -0.1) is 0 Å². The molecule has 1 aliphatic heterocycles. The molecule has 1 fully saturated rings. The van der Waals surface area contributed by atoms with Crippen LogP contribution in [-0.4, -0.2) is 29.9 Å². The maximum Gasteiger partial charge on any atom is 0.239 e. The standard InChI is InChI=1S/C16H23ClN2O/c1-3-15(13-7-6-8-14(17)11-13)18-12(2)16(20)19-9-4-5-10-19/h6-8,11-12,15,18H,3-5,9-10H2,1-2H3. The molecule has 2 unspecified atom stereocenters. The van der Waals surface area contributed by atoms with E-state index < -0.39 is 0 Å². The van der Waals surface area contributed by atoms with Crippen LogP contribution in [-0.2, 0) is 4.79 Å². The summed E-state index contributed by atoms with van der Waals surface area (Å²) in [7, 11) is 0. The molecule has 1 aliphatic rings. The second kappa shape index (κ2) is 7.09. The molecule has 0 radical (unpaired) electrons. The summed E-state index contributed by atoms with van der Waals surface area (Å²) >= 11 is 6.05. The molecule has 2 rings (SSSR count). The van der Waals surface area contributed by atoms with E-state index in [-0.39, 0.29) is 18.0 Å². The van der Waals surface area contributed by atoms with Gasteiger partial charge in [-0.2, -0.15) is 0 Å². The molecule has 20 heavy (non-hydrogen) atoms. The number of amides is 1. The summed E-state index contributed by atoms with van der Waals surface area (Å²) in [5.74, 6) is 0.211. The number of rotatable bonds is 5. The number of likely N-dealkylation sites (tertiary alicyclic amines) is 1. The fourth-order valence-corrected chi connectivity index (χ4v) is 2.96. The van der Waals surface area contributed by atoms with Gasteiger partial charge in [-0.05, 0) is 43.9 Å². The molecular weight excluding hydrogens is 272 g/mol. The van der Waals surface area contributed by atoms with Gasteiger partial charge in [0, 0.05) is 24.2 Å². The van der Waals surface area contributed by atoms with Crippen molar-refractivity contribution in [3.8, 4) is 0 Å². The number of carbonyl (C=O) groups is 1. The van der Waals surface area contributed by atoms with Crippen LogP contribution in [0, 0.1) is 0 Å². The van der Waals surface area contributed by atoms with Crippen LogP contribution in [0.3, 0.4) is 0 Å². The molecule has 1 aromatic carbocycles. The summed E-state index contributed by atoms with van der Waals surface area (Å²) in [4.78, 5) is 14.3. The van der Waals surface area contributed by atoms with Gasteiger partial charge in [0.1, 0.15) is 0 Å². The van der Waals surface area contributed by atoms with Crippen LogP contribution < -0.4 is 5.32 Å². The minimum Gasteiger partial charge on any atom is -0.341 e. The van der Waals surface area contributed by atoms with Gasteiger partial charge in [0.2, 0.25) is 5.91 Å². The van der Waals surface area contributed by atoms with Crippen molar-refractivity contribution in [1.82, 2.24) is 10.2 Å². The normalized spacial score (nSPS) is 18.1. The van der Waals surface area contributed by atoms with E-state index in [0.29, 0.717) is 0 Å². The predicted octanol–water partition coefficient (Wildman–Crippen LogP) is 3.39. The van der Waals surface area contributed by atoms with Crippen LogP contribution in [0.5, 0.6) is 0 Å². The Hall–Kier alpha value is -1.06. The van der Waals surface area contributed by atoms with Gasteiger partial charge in [-0.3, -0.25) is 10.1 Å². The Morgan fingerprint density at radius 1 is 1.40 bits per heavy atom. The summed E-state index contributed by atoms with van der Waals surface area (Å²) in [5, 5.41) is 4.17. The molecule has 0 aromatic heterocycles. The van der Waals surface area contributed by atoms with E-state index in [1.165, 1.54) is 0 Å². The van der Waals surface area contributed by atoms with Crippen molar-refractivity contribution in [1.29, 1.82) is 0 Å². The quantitative estimate of drug-likeness (QED) is 0.903. The van der Waals surface area contributed by atoms with Gasteiger partial charge in [-0.25, -0.2) is 0 Å². The monoisotopic (exact) mass is 294 g/mol. The van der Waals surface area contributed by atoms with E-state index in [1.54, 1.807) is 0 Å². The van der Waals surface area contributed by atoms with Crippen LogP contribution in [0.2, 0.25) is 5.02 Å². The van der Waals surface area contributed by atoms with Crippen molar-refractivity contribution in [3.63, 3.8) is 0 Å². The highest BCUT2D eigenvalue weighted by Gasteiger charge is 2.25. The molecule has 1 aromatic rings. The topological polar surface area (TPSA) is 32.3 Å². The van der Waals surface area contributed by atoms with Gasteiger partial charge in [0.05, 0.1) is 6.04 Å². The zero-order chi connectivity index (χ0) is 14.5. The molecule has 3 nitrogen and oxygen atoms in total. The molecule has 110 valence electrons. The van der Waals surface area contributed by atoms with Crippen molar-refractivity contribution in [2.75, 3.05) is 13.1 Å². The summed E-state index contributed by atoms with van der Waals surface area (Å²) in [5.41, 5.74) is 1.14. The molecule has 0 aliphatic carbocycles. The first-order chi connectivity index (χ1) is 9.61. The van der Waals surface area contributed by atoms with E-state index in [9.17, 15) is 4.79 Å². The average Bonchev–Trinajstić information content (AvgIpc) is 2.97. The number of halogens is 1. The number of hydrogen-bond donors (Lipinski definition) is 1. The second-order valence-corrected chi connectivity index (χ2v) is 5.87. The lowest BCUT2D eigenvalue weighted by molar-refractivity contribution is -0.132. The van der Waals surface area contributed by atoms with E-state index >= 15 is 0 Å². The van der Waals surface area contributed by atoms with Crippen molar-refractivity contribution in [3.05, 3.63) is 34.9 Å². The highest BCUT2D eigenvalue weighted by molar-refractivity contribution is 6.30. The fourth-order valence-electron chi connectivity index (χ4n) is 2.76. The van der Waals surface area contributed by atoms with Gasteiger partial charge in [0.15, 0.2) is 0 Å². The van der Waals surface area contributed by atoms with Crippen molar-refractivity contribution >= 4 is 17.5 Å². The summed E-state index contributed by atoms with van der Waals surface area (Å²) in [6.07, 6.45) is 3.19. The molecular formula is C16H23ClN2O. The van der Waals surface area contributed by atoms with Gasteiger partial charge >= 0.3 is 0 Å². The van der Waals surface area contributed by atoms with Crippen molar-refractivity contribution in [2.45, 2.75) is 45.2 Å². The molecule has 1 amide bonds. The third kappa shape index (κ3) is 3.74.